The maximum absolute atomic E-state index is 13.5. The highest BCUT2D eigenvalue weighted by Crippen LogP contribution is 2.48. The van der Waals surface area contributed by atoms with E-state index in [1.165, 1.54) is 43.3 Å². The Kier molecular flexibility index (Phi) is 5.95. The number of amides is 1. The molecule has 1 heterocycles. The van der Waals surface area contributed by atoms with Gasteiger partial charge in [0.1, 0.15) is 10.6 Å². The van der Waals surface area contributed by atoms with Gasteiger partial charge in [0.25, 0.3) is 0 Å². The van der Waals surface area contributed by atoms with Crippen molar-refractivity contribution in [3.63, 3.8) is 0 Å². The van der Waals surface area contributed by atoms with Crippen molar-refractivity contribution in [2.75, 3.05) is 5.32 Å². The molecule has 0 fully saturated rings. The monoisotopic (exact) mass is 540 g/mol. The number of ketones is 2. The van der Waals surface area contributed by atoms with Crippen LogP contribution in [0.2, 0.25) is 0 Å². The van der Waals surface area contributed by atoms with Gasteiger partial charge in [-0.25, -0.2) is 0 Å². The van der Waals surface area contributed by atoms with E-state index in [9.17, 15) is 22.8 Å². The topological polar surface area (TPSA) is 119 Å². The predicted octanol–water partition coefficient (Wildman–Crippen LogP) is 4.71. The van der Waals surface area contributed by atoms with Crippen molar-refractivity contribution in [2.24, 2.45) is 0 Å². The van der Waals surface area contributed by atoms with Crippen LogP contribution in [0, 0.1) is 0 Å². The molecule has 3 aliphatic rings. The van der Waals surface area contributed by atoms with Crippen LogP contribution >= 0.6 is 0 Å². The summed E-state index contributed by atoms with van der Waals surface area (Å²) in [5, 5.41) is 5.98. The molecule has 6 rings (SSSR count). The smallest absolute Gasteiger partial charge is 0.339 e. The van der Waals surface area contributed by atoms with E-state index >= 15 is 0 Å². The van der Waals surface area contributed by atoms with Gasteiger partial charge in [0.05, 0.1) is 5.70 Å². The highest BCUT2D eigenvalue weighted by molar-refractivity contribution is 7.87. The van der Waals surface area contributed by atoms with E-state index in [1.807, 2.05) is 18.2 Å². The third-order valence-corrected chi connectivity index (χ3v) is 8.41. The largest absolute Gasteiger partial charge is 0.379 e. The van der Waals surface area contributed by atoms with Crippen molar-refractivity contribution in [2.45, 2.75) is 37.0 Å². The third kappa shape index (κ3) is 4.34. The second kappa shape index (κ2) is 9.36. The van der Waals surface area contributed by atoms with Crippen molar-refractivity contribution < 1.29 is 27.0 Å². The lowest BCUT2D eigenvalue weighted by molar-refractivity contribution is -0.116. The van der Waals surface area contributed by atoms with Gasteiger partial charge >= 0.3 is 10.1 Å². The number of hydrogen-bond acceptors (Lipinski definition) is 7. The molecule has 196 valence electrons. The van der Waals surface area contributed by atoms with Crippen molar-refractivity contribution in [3.8, 4) is 5.75 Å². The number of dihydropyridines is 1. The number of hydrogen-bond donors (Lipinski definition) is 2. The van der Waals surface area contributed by atoms with Gasteiger partial charge in [-0.1, -0.05) is 36.4 Å². The number of allylic oxidation sites excluding steroid dienone is 3. The van der Waals surface area contributed by atoms with E-state index in [4.69, 9.17) is 4.18 Å². The van der Waals surface area contributed by atoms with E-state index in [-0.39, 0.29) is 28.1 Å². The molecule has 0 unspecified atom stereocenters. The summed E-state index contributed by atoms with van der Waals surface area (Å²) in [6.07, 6.45) is 1.87. The van der Waals surface area contributed by atoms with E-state index in [2.05, 4.69) is 10.6 Å². The van der Waals surface area contributed by atoms with Gasteiger partial charge < -0.3 is 14.8 Å². The molecule has 0 spiro atoms. The summed E-state index contributed by atoms with van der Waals surface area (Å²) in [6.45, 7) is 1.36. The van der Waals surface area contributed by atoms with Gasteiger partial charge in [-0.2, -0.15) is 8.42 Å². The minimum Gasteiger partial charge on any atom is -0.379 e. The summed E-state index contributed by atoms with van der Waals surface area (Å²) in [5.74, 6) is -0.836. The molecule has 0 bridgehead atoms. The Morgan fingerprint density at radius 3 is 2.28 bits per heavy atom. The molecule has 8 nitrogen and oxygen atoms in total. The van der Waals surface area contributed by atoms with Crippen molar-refractivity contribution >= 4 is 39.0 Å². The third-order valence-electron chi connectivity index (χ3n) is 7.15. The zero-order valence-corrected chi connectivity index (χ0v) is 21.8. The fourth-order valence-corrected chi connectivity index (χ4v) is 6.40. The average molecular weight is 541 g/mol. The number of carbonyl (C=O) groups is 3. The summed E-state index contributed by atoms with van der Waals surface area (Å²) in [5.41, 5.74) is 5.30. The highest BCUT2D eigenvalue weighted by Gasteiger charge is 2.43. The lowest BCUT2D eigenvalue weighted by Crippen LogP contribution is -2.31. The van der Waals surface area contributed by atoms with Gasteiger partial charge in [0.15, 0.2) is 11.6 Å². The number of rotatable bonds is 5. The first kappa shape index (κ1) is 24.8. The molecule has 0 saturated heterocycles. The fraction of sp³-hybridized carbons (Fsp3) is 0.167. The summed E-state index contributed by atoms with van der Waals surface area (Å²) in [6, 6.07) is 19.5. The summed E-state index contributed by atoms with van der Waals surface area (Å²) < 4.78 is 31.0. The Hall–Kier alpha value is -4.50. The highest BCUT2D eigenvalue weighted by atomic mass is 32.2. The molecule has 1 atom stereocenters. The maximum atomic E-state index is 13.5. The lowest BCUT2D eigenvalue weighted by Gasteiger charge is -2.33. The Morgan fingerprint density at radius 2 is 1.59 bits per heavy atom. The van der Waals surface area contributed by atoms with Gasteiger partial charge in [-0.05, 0) is 54.8 Å². The number of fused-ring (bicyclic) bond motifs is 2. The molecule has 0 aromatic heterocycles. The zero-order valence-electron chi connectivity index (χ0n) is 21.0. The molecular weight excluding hydrogens is 516 g/mol. The van der Waals surface area contributed by atoms with Crippen molar-refractivity contribution in [3.05, 3.63) is 106 Å². The van der Waals surface area contributed by atoms with Gasteiger partial charge in [0.2, 0.25) is 5.91 Å². The molecule has 3 aromatic rings. The minimum absolute atomic E-state index is 0.00895. The zero-order chi connectivity index (χ0) is 27.3. The van der Waals surface area contributed by atoms with Gasteiger partial charge in [-0.3, -0.25) is 14.4 Å². The van der Waals surface area contributed by atoms with E-state index in [0.29, 0.717) is 40.8 Å². The van der Waals surface area contributed by atoms with Crippen LogP contribution < -0.4 is 14.8 Å². The lowest BCUT2D eigenvalue weighted by atomic mass is 9.75. The second-order valence-corrected chi connectivity index (χ2v) is 11.2. The summed E-state index contributed by atoms with van der Waals surface area (Å²) in [7, 11) is -4.13. The van der Waals surface area contributed by atoms with Crippen LogP contribution in [0.25, 0.3) is 5.70 Å². The molecule has 3 aromatic carbocycles. The summed E-state index contributed by atoms with van der Waals surface area (Å²) >= 11 is 0. The first-order chi connectivity index (χ1) is 18.7. The molecule has 9 heteroatoms. The minimum atomic E-state index is -4.13. The first-order valence-electron chi connectivity index (χ1n) is 12.6. The van der Waals surface area contributed by atoms with Gasteiger partial charge in [0, 0.05) is 52.9 Å². The van der Waals surface area contributed by atoms with E-state index < -0.39 is 16.0 Å². The fourth-order valence-electron chi connectivity index (χ4n) is 5.47. The number of benzene rings is 3. The van der Waals surface area contributed by atoms with Crippen LogP contribution in [0.5, 0.6) is 5.75 Å². The number of nitrogens with one attached hydrogen (secondary N) is 2. The average Bonchev–Trinajstić information content (AvgIpc) is 3.20. The predicted molar refractivity (Wildman–Crippen MR) is 144 cm³/mol. The van der Waals surface area contributed by atoms with Crippen LogP contribution in [0.3, 0.4) is 0 Å². The first-order valence-corrected chi connectivity index (χ1v) is 14.0. The molecule has 2 N–H and O–H groups in total. The maximum Gasteiger partial charge on any atom is 0.339 e. The summed E-state index contributed by atoms with van der Waals surface area (Å²) in [4.78, 5) is 37.8. The quantitative estimate of drug-likeness (QED) is 0.450. The molecule has 0 saturated carbocycles. The van der Waals surface area contributed by atoms with Crippen molar-refractivity contribution in [1.29, 1.82) is 0 Å². The molecular formula is C30H24N2O6S. The number of anilines is 1. The van der Waals surface area contributed by atoms with Crippen LogP contribution in [-0.4, -0.2) is 25.9 Å². The Morgan fingerprint density at radius 1 is 0.897 bits per heavy atom. The standard InChI is InChI=1S/C30H24N2O6S/c1-17(33)31-19-11-15-21(16-12-19)39(36,37)38-20-13-9-18(10-14-20)26-27-24(7-4-8-25(27)34)32-29-22-5-2-3-6-23(22)30(35)28(26)29/h2-3,5-6,9-16,26,32H,4,7-8H2,1H3,(H,31,33)/t26-/m0/s1. The van der Waals surface area contributed by atoms with Crippen molar-refractivity contribution in [1.82, 2.24) is 5.32 Å². The van der Waals surface area contributed by atoms with Crippen LogP contribution in [-0.2, 0) is 19.7 Å². The van der Waals surface area contributed by atoms with E-state index in [1.54, 1.807) is 18.2 Å². The van der Waals surface area contributed by atoms with Crippen LogP contribution in [0.15, 0.2) is 94.5 Å². The van der Waals surface area contributed by atoms with Gasteiger partial charge in [-0.15, -0.1) is 0 Å². The Labute approximate surface area is 225 Å². The molecule has 1 aliphatic heterocycles. The molecule has 1 amide bonds. The number of carbonyl (C=O) groups excluding carboxylic acids is 3. The SMILES string of the molecule is CC(=O)Nc1ccc(S(=O)(=O)Oc2ccc([C@H]3C4=C(CCCC4=O)NC4=C3C(=O)c3ccccc34)cc2)cc1. The number of Topliss-reactive ketones (excluding diaryl/α,β-unsaturated/α-hetero) is 2. The second-order valence-electron chi connectivity index (χ2n) is 9.70. The van der Waals surface area contributed by atoms with Crippen LogP contribution in [0.4, 0.5) is 5.69 Å². The molecule has 2 aliphatic carbocycles. The Balaban J connectivity index is 1.32. The molecule has 39 heavy (non-hydrogen) atoms. The van der Waals surface area contributed by atoms with E-state index in [0.717, 1.165) is 23.4 Å². The Bertz CT molecular complexity index is 1720. The molecule has 0 radical (unpaired) electrons. The normalized spacial score (nSPS) is 18.2. The van der Waals surface area contributed by atoms with Crippen LogP contribution in [0.1, 0.15) is 53.6 Å².